The van der Waals surface area contributed by atoms with Gasteiger partial charge >= 0.3 is 0 Å². The molecule has 0 aromatic carbocycles. The standard InChI is InChI=1S/C12H15Cl2N3O2/c1-19-5-4-12(2-3-12)7-15-11(18)8-6-9(13)16-17-10(8)14/h6H,2-5,7H2,1H3,(H,15,18). The number of nitrogens with zero attached hydrogens (tertiary/aromatic N) is 2. The number of aromatic nitrogens is 2. The molecule has 19 heavy (non-hydrogen) atoms. The molecule has 0 bridgehead atoms. The van der Waals surface area contributed by atoms with Crippen LogP contribution in [0.5, 0.6) is 0 Å². The zero-order valence-corrected chi connectivity index (χ0v) is 12.1. The third-order valence-corrected chi connectivity index (χ3v) is 3.85. The molecule has 104 valence electrons. The molecule has 1 aromatic heterocycles. The number of methoxy groups -OCH3 is 1. The number of halogens is 2. The van der Waals surface area contributed by atoms with Gasteiger partial charge < -0.3 is 10.1 Å². The summed E-state index contributed by atoms with van der Waals surface area (Å²) < 4.78 is 5.07. The summed E-state index contributed by atoms with van der Waals surface area (Å²) in [5, 5.41) is 10.3. The maximum atomic E-state index is 12.0. The second-order valence-corrected chi connectivity index (χ2v) is 5.54. The molecule has 0 unspecified atom stereocenters. The van der Waals surface area contributed by atoms with Crippen LogP contribution in [0.25, 0.3) is 0 Å². The molecule has 1 amide bonds. The first-order valence-corrected chi connectivity index (χ1v) is 6.78. The van der Waals surface area contributed by atoms with E-state index in [9.17, 15) is 4.79 Å². The van der Waals surface area contributed by atoms with Crippen LogP contribution in [0, 0.1) is 5.41 Å². The Kier molecular flexibility index (Phi) is 4.60. The molecular formula is C12H15Cl2N3O2. The van der Waals surface area contributed by atoms with E-state index in [1.54, 1.807) is 7.11 Å². The summed E-state index contributed by atoms with van der Waals surface area (Å²) in [6.45, 7) is 1.32. The fourth-order valence-corrected chi connectivity index (χ4v) is 2.21. The lowest BCUT2D eigenvalue weighted by Gasteiger charge is -2.15. The van der Waals surface area contributed by atoms with Crippen molar-refractivity contribution in [2.45, 2.75) is 19.3 Å². The summed E-state index contributed by atoms with van der Waals surface area (Å²) in [7, 11) is 1.68. The maximum absolute atomic E-state index is 12.0. The maximum Gasteiger partial charge on any atom is 0.254 e. The van der Waals surface area contributed by atoms with Crippen LogP contribution < -0.4 is 5.32 Å². The van der Waals surface area contributed by atoms with Gasteiger partial charge in [-0.25, -0.2) is 0 Å². The van der Waals surface area contributed by atoms with Crippen LogP contribution in [-0.2, 0) is 4.74 Å². The monoisotopic (exact) mass is 303 g/mol. The summed E-state index contributed by atoms with van der Waals surface area (Å²) in [6.07, 6.45) is 3.17. The number of nitrogens with one attached hydrogen (secondary N) is 1. The fourth-order valence-electron chi connectivity index (χ4n) is 1.89. The zero-order chi connectivity index (χ0) is 13.9. The van der Waals surface area contributed by atoms with Crippen molar-refractivity contribution in [3.05, 3.63) is 21.9 Å². The topological polar surface area (TPSA) is 64.1 Å². The van der Waals surface area contributed by atoms with Gasteiger partial charge in [-0.15, -0.1) is 10.2 Å². The lowest BCUT2D eigenvalue weighted by Crippen LogP contribution is -2.31. The first kappa shape index (κ1) is 14.5. The van der Waals surface area contributed by atoms with Crippen molar-refractivity contribution in [1.82, 2.24) is 15.5 Å². The van der Waals surface area contributed by atoms with Crippen molar-refractivity contribution >= 4 is 29.1 Å². The predicted octanol–water partition coefficient (Wildman–Crippen LogP) is 2.33. The van der Waals surface area contributed by atoms with E-state index in [0.717, 1.165) is 19.3 Å². The average molecular weight is 304 g/mol. The summed E-state index contributed by atoms with van der Waals surface area (Å²) in [5.74, 6) is -0.273. The highest BCUT2D eigenvalue weighted by Crippen LogP contribution is 2.48. The molecule has 0 atom stereocenters. The highest BCUT2D eigenvalue weighted by Gasteiger charge is 2.42. The molecule has 1 N–H and O–H groups in total. The highest BCUT2D eigenvalue weighted by molar-refractivity contribution is 6.34. The number of amides is 1. The molecule has 0 spiro atoms. The first-order chi connectivity index (χ1) is 9.06. The number of carbonyl (C=O) groups is 1. The third-order valence-electron chi connectivity index (χ3n) is 3.38. The number of carbonyl (C=O) groups excluding carboxylic acids is 1. The third kappa shape index (κ3) is 3.78. The molecule has 7 heteroatoms. The van der Waals surface area contributed by atoms with Gasteiger partial charge in [0.2, 0.25) is 0 Å². The Morgan fingerprint density at radius 1 is 1.47 bits per heavy atom. The van der Waals surface area contributed by atoms with Crippen LogP contribution in [-0.4, -0.2) is 36.4 Å². The summed E-state index contributed by atoms with van der Waals surface area (Å²) in [4.78, 5) is 12.0. The summed E-state index contributed by atoms with van der Waals surface area (Å²) in [5.41, 5.74) is 0.437. The average Bonchev–Trinajstić information content (AvgIpc) is 3.17. The van der Waals surface area contributed by atoms with Crippen molar-refractivity contribution < 1.29 is 9.53 Å². The van der Waals surface area contributed by atoms with Gasteiger partial charge in [0.25, 0.3) is 5.91 Å². The quantitative estimate of drug-likeness (QED) is 0.876. The van der Waals surface area contributed by atoms with Gasteiger partial charge in [0, 0.05) is 20.3 Å². The van der Waals surface area contributed by atoms with E-state index in [1.165, 1.54) is 6.07 Å². The Hall–Kier alpha value is -0.910. The van der Waals surface area contributed by atoms with Crippen molar-refractivity contribution in [2.24, 2.45) is 5.41 Å². The largest absolute Gasteiger partial charge is 0.385 e. The second-order valence-electron chi connectivity index (χ2n) is 4.80. The Morgan fingerprint density at radius 3 is 2.84 bits per heavy atom. The molecular weight excluding hydrogens is 289 g/mol. The Labute approximate surface area is 121 Å². The lowest BCUT2D eigenvalue weighted by atomic mass is 10.0. The van der Waals surface area contributed by atoms with Gasteiger partial charge in [0.15, 0.2) is 10.3 Å². The molecule has 1 heterocycles. The van der Waals surface area contributed by atoms with E-state index >= 15 is 0 Å². The number of rotatable bonds is 6. The van der Waals surface area contributed by atoms with Crippen LogP contribution in [0.1, 0.15) is 29.6 Å². The van der Waals surface area contributed by atoms with E-state index in [1.807, 2.05) is 0 Å². The van der Waals surface area contributed by atoms with E-state index in [2.05, 4.69) is 15.5 Å². The van der Waals surface area contributed by atoms with Crippen LogP contribution in [0.4, 0.5) is 0 Å². The van der Waals surface area contributed by atoms with Gasteiger partial charge in [-0.1, -0.05) is 23.2 Å². The number of hydrogen-bond acceptors (Lipinski definition) is 4. The van der Waals surface area contributed by atoms with Crippen molar-refractivity contribution in [1.29, 1.82) is 0 Å². The number of ether oxygens (including phenoxy) is 1. The molecule has 1 aromatic rings. The SMILES string of the molecule is COCCC1(CNC(=O)c2cc(Cl)nnc2Cl)CC1. The lowest BCUT2D eigenvalue weighted by molar-refractivity contribution is 0.0937. The van der Waals surface area contributed by atoms with Crippen LogP contribution in [0.2, 0.25) is 10.3 Å². The van der Waals surface area contributed by atoms with E-state index in [-0.39, 0.29) is 27.2 Å². The minimum absolute atomic E-state index is 0.0589. The normalized spacial score (nSPS) is 16.2. The molecule has 1 aliphatic carbocycles. The predicted molar refractivity (Wildman–Crippen MR) is 72.5 cm³/mol. The summed E-state index contributed by atoms with van der Waals surface area (Å²) >= 11 is 11.5. The molecule has 1 aliphatic rings. The smallest absolute Gasteiger partial charge is 0.254 e. The molecule has 2 rings (SSSR count). The Bertz CT molecular complexity index is 478. The summed E-state index contributed by atoms with van der Waals surface area (Å²) in [6, 6.07) is 1.42. The highest BCUT2D eigenvalue weighted by atomic mass is 35.5. The molecule has 0 radical (unpaired) electrons. The van der Waals surface area contributed by atoms with Gasteiger partial charge in [-0.3, -0.25) is 4.79 Å². The van der Waals surface area contributed by atoms with Gasteiger partial charge in [0.05, 0.1) is 5.56 Å². The molecule has 0 saturated heterocycles. The van der Waals surface area contributed by atoms with Gasteiger partial charge in [-0.2, -0.15) is 0 Å². The van der Waals surface area contributed by atoms with Crippen molar-refractivity contribution in [3.8, 4) is 0 Å². The van der Waals surface area contributed by atoms with Gasteiger partial charge in [-0.05, 0) is 30.7 Å². The Morgan fingerprint density at radius 2 is 2.21 bits per heavy atom. The van der Waals surface area contributed by atoms with Crippen molar-refractivity contribution in [2.75, 3.05) is 20.3 Å². The fraction of sp³-hybridized carbons (Fsp3) is 0.583. The van der Waals surface area contributed by atoms with Crippen LogP contribution in [0.3, 0.4) is 0 Å². The van der Waals surface area contributed by atoms with Crippen molar-refractivity contribution in [3.63, 3.8) is 0 Å². The van der Waals surface area contributed by atoms with Gasteiger partial charge in [0.1, 0.15) is 0 Å². The van der Waals surface area contributed by atoms with E-state index in [4.69, 9.17) is 27.9 Å². The van der Waals surface area contributed by atoms with Crippen LogP contribution in [0.15, 0.2) is 6.07 Å². The molecule has 1 fully saturated rings. The second kappa shape index (κ2) is 6.03. The zero-order valence-electron chi connectivity index (χ0n) is 10.6. The van der Waals surface area contributed by atoms with E-state index in [0.29, 0.717) is 13.2 Å². The van der Waals surface area contributed by atoms with E-state index < -0.39 is 0 Å². The van der Waals surface area contributed by atoms with Crippen LogP contribution >= 0.6 is 23.2 Å². The molecule has 5 nitrogen and oxygen atoms in total. The molecule has 0 aliphatic heterocycles. The first-order valence-electron chi connectivity index (χ1n) is 6.02. The number of hydrogen-bond donors (Lipinski definition) is 1. The molecule has 1 saturated carbocycles. The minimum Gasteiger partial charge on any atom is -0.385 e. The Balaban J connectivity index is 1.93. The minimum atomic E-state index is -0.273.